The van der Waals surface area contributed by atoms with Crippen LogP contribution in [0.2, 0.25) is 0 Å². The van der Waals surface area contributed by atoms with Gasteiger partial charge in [-0.25, -0.2) is 5.90 Å². The molecule has 3 heteroatoms. The maximum Gasteiger partial charge on any atom is 0.121 e. The zero-order valence-electron chi connectivity index (χ0n) is 7.42. The molecule has 1 aromatic carbocycles. The van der Waals surface area contributed by atoms with Gasteiger partial charge in [0.15, 0.2) is 0 Å². The van der Waals surface area contributed by atoms with E-state index in [1.165, 1.54) is 11.1 Å². The van der Waals surface area contributed by atoms with Crippen molar-refractivity contribution >= 4 is 0 Å². The lowest BCUT2D eigenvalue weighted by molar-refractivity contribution is 0.121. The lowest BCUT2D eigenvalue weighted by atomic mass is 10.0. The minimum absolute atomic E-state index is 0.297. The molecule has 70 valence electrons. The first kappa shape index (κ1) is 8.53. The maximum absolute atomic E-state index is 9.57. The number of benzene rings is 1. The van der Waals surface area contributed by atoms with E-state index in [4.69, 9.17) is 5.90 Å². The molecule has 0 fully saturated rings. The predicted molar refractivity (Wildman–Crippen MR) is 49.1 cm³/mol. The van der Waals surface area contributed by atoms with Gasteiger partial charge in [0.2, 0.25) is 0 Å². The molecule has 0 radical (unpaired) electrons. The van der Waals surface area contributed by atoms with Crippen LogP contribution >= 0.6 is 0 Å². The van der Waals surface area contributed by atoms with Crippen LogP contribution in [0.15, 0.2) is 12.1 Å². The number of rotatable bonds is 2. The fourth-order valence-electron chi connectivity index (χ4n) is 1.97. The Morgan fingerprint density at radius 1 is 1.38 bits per heavy atom. The highest BCUT2D eigenvalue weighted by Crippen LogP contribution is 2.31. The van der Waals surface area contributed by atoms with E-state index in [1.807, 2.05) is 6.07 Å². The van der Waals surface area contributed by atoms with Gasteiger partial charge in [0, 0.05) is 5.56 Å². The predicted octanol–water partition coefficient (Wildman–Crippen LogP) is 1.27. The summed E-state index contributed by atoms with van der Waals surface area (Å²) in [5, 5.41) is 9.57. The first-order valence-corrected chi connectivity index (χ1v) is 4.47. The van der Waals surface area contributed by atoms with Gasteiger partial charge in [-0.05, 0) is 36.5 Å². The Labute approximate surface area is 77.1 Å². The molecule has 0 bridgehead atoms. The molecule has 0 saturated heterocycles. The Balaban J connectivity index is 2.45. The van der Waals surface area contributed by atoms with Crippen molar-refractivity contribution in [2.45, 2.75) is 25.9 Å². The highest BCUT2D eigenvalue weighted by molar-refractivity contribution is 5.46. The van der Waals surface area contributed by atoms with Crippen LogP contribution in [0.25, 0.3) is 0 Å². The standard InChI is InChI=1S/C10H13NO2/c11-13-6-9-8-3-1-2-7(8)4-5-10(9)12/h4-5,12H,1-3,6,11H2. The fraction of sp³-hybridized carbons (Fsp3) is 0.400. The van der Waals surface area contributed by atoms with Crippen molar-refractivity contribution < 1.29 is 9.94 Å². The van der Waals surface area contributed by atoms with Gasteiger partial charge in [-0.2, -0.15) is 0 Å². The quantitative estimate of drug-likeness (QED) is 0.672. The van der Waals surface area contributed by atoms with Crippen LogP contribution in [0.4, 0.5) is 0 Å². The van der Waals surface area contributed by atoms with Crippen molar-refractivity contribution in [3.8, 4) is 5.75 Å². The summed E-state index contributed by atoms with van der Waals surface area (Å²) in [7, 11) is 0. The van der Waals surface area contributed by atoms with Crippen LogP contribution in [0.5, 0.6) is 5.75 Å². The van der Waals surface area contributed by atoms with E-state index in [9.17, 15) is 5.11 Å². The largest absolute Gasteiger partial charge is 0.508 e. The summed E-state index contributed by atoms with van der Waals surface area (Å²) in [6.45, 7) is 0.301. The Kier molecular flexibility index (Phi) is 2.20. The molecule has 1 aliphatic rings. The molecule has 1 aliphatic carbocycles. The van der Waals surface area contributed by atoms with E-state index < -0.39 is 0 Å². The Bertz CT molecular complexity index is 323. The smallest absolute Gasteiger partial charge is 0.121 e. The number of phenolic OH excluding ortho intramolecular Hbond substituents is 1. The first-order valence-electron chi connectivity index (χ1n) is 4.47. The summed E-state index contributed by atoms with van der Waals surface area (Å²) in [6.07, 6.45) is 3.30. The van der Waals surface area contributed by atoms with Gasteiger partial charge in [0.25, 0.3) is 0 Å². The van der Waals surface area contributed by atoms with E-state index in [-0.39, 0.29) is 0 Å². The van der Waals surface area contributed by atoms with Crippen LogP contribution in [0.1, 0.15) is 23.1 Å². The van der Waals surface area contributed by atoms with E-state index in [1.54, 1.807) is 6.07 Å². The van der Waals surface area contributed by atoms with Crippen LogP contribution in [-0.2, 0) is 24.3 Å². The van der Waals surface area contributed by atoms with Gasteiger partial charge in [-0.15, -0.1) is 0 Å². The molecule has 0 amide bonds. The molecule has 1 aromatic rings. The lowest BCUT2D eigenvalue weighted by Crippen LogP contribution is -2.02. The van der Waals surface area contributed by atoms with Crippen molar-refractivity contribution in [2.24, 2.45) is 5.90 Å². The van der Waals surface area contributed by atoms with Crippen molar-refractivity contribution in [2.75, 3.05) is 0 Å². The summed E-state index contributed by atoms with van der Waals surface area (Å²) in [4.78, 5) is 4.57. The van der Waals surface area contributed by atoms with Gasteiger partial charge in [0.1, 0.15) is 5.75 Å². The summed E-state index contributed by atoms with van der Waals surface area (Å²) < 4.78 is 0. The molecule has 0 atom stereocenters. The number of nitrogens with two attached hydrogens (primary N) is 1. The van der Waals surface area contributed by atoms with E-state index in [2.05, 4.69) is 4.84 Å². The second-order valence-corrected chi connectivity index (χ2v) is 3.37. The van der Waals surface area contributed by atoms with Crippen molar-refractivity contribution in [3.63, 3.8) is 0 Å². The van der Waals surface area contributed by atoms with Crippen molar-refractivity contribution in [3.05, 3.63) is 28.8 Å². The lowest BCUT2D eigenvalue weighted by Gasteiger charge is -2.08. The molecule has 0 spiro atoms. The fourth-order valence-corrected chi connectivity index (χ4v) is 1.97. The van der Waals surface area contributed by atoms with Crippen LogP contribution in [-0.4, -0.2) is 5.11 Å². The summed E-state index contributed by atoms with van der Waals surface area (Å²) in [5.41, 5.74) is 3.41. The molecule has 3 N–H and O–H groups in total. The highest BCUT2D eigenvalue weighted by atomic mass is 16.6. The third-order valence-electron chi connectivity index (χ3n) is 2.60. The normalized spacial score (nSPS) is 14.5. The van der Waals surface area contributed by atoms with Gasteiger partial charge in [0.05, 0.1) is 6.61 Å². The van der Waals surface area contributed by atoms with Gasteiger partial charge in [-0.3, -0.25) is 4.84 Å². The number of fused-ring (bicyclic) bond motifs is 1. The molecule has 0 saturated carbocycles. The number of aryl methyl sites for hydroxylation is 1. The molecule has 13 heavy (non-hydrogen) atoms. The molecule has 0 aliphatic heterocycles. The average molecular weight is 179 g/mol. The second-order valence-electron chi connectivity index (χ2n) is 3.37. The van der Waals surface area contributed by atoms with Crippen LogP contribution in [0.3, 0.4) is 0 Å². The zero-order chi connectivity index (χ0) is 9.26. The molecular formula is C10H13NO2. The van der Waals surface area contributed by atoms with E-state index >= 15 is 0 Å². The number of hydrogen-bond acceptors (Lipinski definition) is 3. The summed E-state index contributed by atoms with van der Waals surface area (Å²) in [5.74, 6) is 5.31. The third-order valence-corrected chi connectivity index (χ3v) is 2.60. The molecule has 0 aromatic heterocycles. The maximum atomic E-state index is 9.57. The SMILES string of the molecule is NOCc1c(O)ccc2c1CCC2. The number of hydrogen-bond donors (Lipinski definition) is 2. The summed E-state index contributed by atoms with van der Waals surface area (Å²) >= 11 is 0. The van der Waals surface area contributed by atoms with E-state index in [0.29, 0.717) is 12.4 Å². The van der Waals surface area contributed by atoms with Gasteiger partial charge in [-0.1, -0.05) is 6.07 Å². The topological polar surface area (TPSA) is 55.5 Å². The molecular weight excluding hydrogens is 166 g/mol. The van der Waals surface area contributed by atoms with Crippen molar-refractivity contribution in [1.82, 2.24) is 0 Å². The van der Waals surface area contributed by atoms with E-state index in [0.717, 1.165) is 24.8 Å². The average Bonchev–Trinajstić information content (AvgIpc) is 2.58. The minimum Gasteiger partial charge on any atom is -0.508 e. The zero-order valence-corrected chi connectivity index (χ0v) is 7.42. The second kappa shape index (κ2) is 3.36. The first-order chi connectivity index (χ1) is 6.33. The molecule has 2 rings (SSSR count). The Morgan fingerprint density at radius 2 is 2.23 bits per heavy atom. The van der Waals surface area contributed by atoms with Crippen LogP contribution < -0.4 is 5.90 Å². The molecule has 0 unspecified atom stereocenters. The monoisotopic (exact) mass is 179 g/mol. The third kappa shape index (κ3) is 1.41. The number of phenols is 1. The highest BCUT2D eigenvalue weighted by Gasteiger charge is 2.17. The van der Waals surface area contributed by atoms with Crippen molar-refractivity contribution in [1.29, 1.82) is 0 Å². The van der Waals surface area contributed by atoms with Gasteiger partial charge < -0.3 is 5.11 Å². The number of aromatic hydroxyl groups is 1. The summed E-state index contributed by atoms with van der Waals surface area (Å²) in [6, 6.07) is 3.70. The minimum atomic E-state index is 0.297. The molecule has 3 nitrogen and oxygen atoms in total. The molecule has 0 heterocycles. The Morgan fingerprint density at radius 3 is 3.00 bits per heavy atom. The van der Waals surface area contributed by atoms with Gasteiger partial charge >= 0.3 is 0 Å². The van der Waals surface area contributed by atoms with Crippen LogP contribution in [0, 0.1) is 0 Å². The Hall–Kier alpha value is -1.06.